The van der Waals surface area contributed by atoms with Crippen LogP contribution in [-0.4, -0.2) is 17.1 Å². The fourth-order valence-corrected chi connectivity index (χ4v) is 3.17. The summed E-state index contributed by atoms with van der Waals surface area (Å²) in [6.07, 6.45) is 1.49. The Bertz CT molecular complexity index is 1080. The van der Waals surface area contributed by atoms with Gasteiger partial charge < -0.3 is 14.6 Å². The summed E-state index contributed by atoms with van der Waals surface area (Å²) in [5, 5.41) is 3.04. The molecule has 0 aliphatic carbocycles. The lowest BCUT2D eigenvalue weighted by molar-refractivity contribution is 0.102. The number of amides is 1. The van der Waals surface area contributed by atoms with Crippen LogP contribution in [0.2, 0.25) is 5.02 Å². The predicted octanol–water partition coefficient (Wildman–Crippen LogP) is 3.44. The smallest absolute Gasteiger partial charge is 0.261 e. The molecule has 1 aliphatic heterocycles. The van der Waals surface area contributed by atoms with E-state index in [0.717, 1.165) is 0 Å². The molecule has 1 N–H and O–H groups in total. The van der Waals surface area contributed by atoms with E-state index in [0.29, 0.717) is 24.4 Å². The van der Waals surface area contributed by atoms with Crippen LogP contribution >= 0.6 is 11.6 Å². The highest BCUT2D eigenvalue weighted by Gasteiger charge is 2.22. The fourth-order valence-electron chi connectivity index (χ4n) is 2.94. The number of aromatic nitrogens is 1. The van der Waals surface area contributed by atoms with Gasteiger partial charge in [0.25, 0.3) is 5.91 Å². The highest BCUT2D eigenvalue weighted by molar-refractivity contribution is 6.35. The molecule has 0 saturated heterocycles. The molecule has 5 nitrogen and oxygen atoms in total. The third kappa shape index (κ3) is 2.64. The summed E-state index contributed by atoms with van der Waals surface area (Å²) in [4.78, 5) is 25.4. The highest BCUT2D eigenvalue weighted by Crippen LogP contribution is 2.32. The van der Waals surface area contributed by atoms with Gasteiger partial charge in [0.05, 0.1) is 22.5 Å². The summed E-state index contributed by atoms with van der Waals surface area (Å²) in [5.74, 6) is -0.540. The summed E-state index contributed by atoms with van der Waals surface area (Å²) < 4.78 is 20.6. The Balaban J connectivity index is 1.86. The Labute approximate surface area is 146 Å². The summed E-state index contributed by atoms with van der Waals surface area (Å²) >= 11 is 6.19. The van der Waals surface area contributed by atoms with Crippen LogP contribution in [0.15, 0.2) is 47.4 Å². The molecule has 3 aromatic rings. The summed E-state index contributed by atoms with van der Waals surface area (Å²) in [6, 6.07) is 8.74. The van der Waals surface area contributed by atoms with Crippen LogP contribution < -0.4 is 15.5 Å². The van der Waals surface area contributed by atoms with Gasteiger partial charge in [0.1, 0.15) is 23.7 Å². The molecule has 2 heterocycles. The fraction of sp³-hybridized carbons (Fsp3) is 0.111. The van der Waals surface area contributed by atoms with Crippen molar-refractivity contribution in [3.63, 3.8) is 0 Å². The van der Waals surface area contributed by atoms with E-state index in [2.05, 4.69) is 5.32 Å². The molecule has 1 aliphatic rings. The van der Waals surface area contributed by atoms with E-state index in [1.54, 1.807) is 22.8 Å². The number of rotatable bonds is 2. The highest BCUT2D eigenvalue weighted by atomic mass is 35.5. The Hall–Kier alpha value is -2.86. The molecule has 0 unspecified atom stereocenters. The van der Waals surface area contributed by atoms with E-state index >= 15 is 0 Å². The number of carbonyl (C=O) groups excluding carboxylic acids is 1. The van der Waals surface area contributed by atoms with Crippen molar-refractivity contribution >= 4 is 34.1 Å². The number of pyridine rings is 1. The van der Waals surface area contributed by atoms with E-state index < -0.39 is 17.2 Å². The first-order valence-electron chi connectivity index (χ1n) is 7.60. The van der Waals surface area contributed by atoms with Crippen LogP contribution in [0.1, 0.15) is 10.4 Å². The zero-order valence-corrected chi connectivity index (χ0v) is 13.6. The predicted molar refractivity (Wildman–Crippen MR) is 93.1 cm³/mol. The zero-order chi connectivity index (χ0) is 17.6. The van der Waals surface area contributed by atoms with E-state index in [1.807, 2.05) is 0 Å². The van der Waals surface area contributed by atoms with E-state index in [-0.39, 0.29) is 21.7 Å². The van der Waals surface area contributed by atoms with E-state index in [1.165, 1.54) is 24.4 Å². The normalized spacial score (nSPS) is 12.7. The first kappa shape index (κ1) is 15.7. The summed E-state index contributed by atoms with van der Waals surface area (Å²) in [5.41, 5.74) is 0.299. The van der Waals surface area contributed by atoms with Crippen LogP contribution in [0.4, 0.5) is 10.1 Å². The van der Waals surface area contributed by atoms with Gasteiger partial charge in [0.15, 0.2) is 0 Å². The molecule has 2 aromatic carbocycles. The lowest BCUT2D eigenvalue weighted by atomic mass is 10.1. The van der Waals surface area contributed by atoms with Crippen molar-refractivity contribution < 1.29 is 13.9 Å². The van der Waals surface area contributed by atoms with Crippen molar-refractivity contribution in [1.29, 1.82) is 0 Å². The van der Waals surface area contributed by atoms with Crippen LogP contribution in [-0.2, 0) is 6.54 Å². The van der Waals surface area contributed by atoms with Crippen LogP contribution in [0, 0.1) is 5.82 Å². The Kier molecular flexibility index (Phi) is 3.69. The number of nitrogens with zero attached hydrogens (tertiary/aromatic N) is 1. The van der Waals surface area contributed by atoms with Crippen molar-refractivity contribution in [3.05, 3.63) is 69.2 Å². The maximum Gasteiger partial charge on any atom is 0.261 e. The van der Waals surface area contributed by atoms with Crippen molar-refractivity contribution in [2.24, 2.45) is 0 Å². The number of carbonyl (C=O) groups is 1. The van der Waals surface area contributed by atoms with Crippen LogP contribution in [0.3, 0.4) is 0 Å². The third-order valence-corrected chi connectivity index (χ3v) is 4.37. The lowest BCUT2D eigenvalue weighted by Crippen LogP contribution is -2.26. The monoisotopic (exact) mass is 358 g/mol. The molecule has 0 atom stereocenters. The van der Waals surface area contributed by atoms with Gasteiger partial charge in [-0.2, -0.15) is 0 Å². The maximum absolute atomic E-state index is 13.3. The number of nitrogens with one attached hydrogen (secondary N) is 1. The average molecular weight is 359 g/mol. The van der Waals surface area contributed by atoms with Crippen molar-refractivity contribution in [1.82, 2.24) is 4.57 Å². The van der Waals surface area contributed by atoms with Gasteiger partial charge in [-0.05, 0) is 30.3 Å². The number of hydrogen-bond donors (Lipinski definition) is 1. The minimum absolute atomic E-state index is 0.0577. The number of hydrogen-bond acceptors (Lipinski definition) is 3. The Morgan fingerprint density at radius 2 is 2.12 bits per heavy atom. The van der Waals surface area contributed by atoms with E-state index in [4.69, 9.17) is 16.3 Å². The van der Waals surface area contributed by atoms with Gasteiger partial charge in [0, 0.05) is 11.9 Å². The molecule has 1 amide bonds. The molecule has 0 spiro atoms. The summed E-state index contributed by atoms with van der Waals surface area (Å²) in [6.45, 7) is 0.919. The second-order valence-electron chi connectivity index (χ2n) is 5.65. The number of benzene rings is 2. The summed E-state index contributed by atoms with van der Waals surface area (Å²) in [7, 11) is 0. The van der Waals surface area contributed by atoms with Gasteiger partial charge in [-0.25, -0.2) is 4.39 Å². The molecule has 0 fully saturated rings. The van der Waals surface area contributed by atoms with Gasteiger partial charge >= 0.3 is 0 Å². The second kappa shape index (κ2) is 5.89. The molecule has 0 radical (unpaired) electrons. The van der Waals surface area contributed by atoms with Gasteiger partial charge in [0.2, 0.25) is 5.43 Å². The topological polar surface area (TPSA) is 60.3 Å². The molecule has 0 saturated carbocycles. The second-order valence-corrected chi connectivity index (χ2v) is 6.05. The van der Waals surface area contributed by atoms with Gasteiger partial charge in [-0.3, -0.25) is 9.59 Å². The first-order valence-corrected chi connectivity index (χ1v) is 7.98. The third-order valence-electron chi connectivity index (χ3n) is 4.05. The minimum Gasteiger partial charge on any atom is -0.490 e. The molecule has 1 aromatic heterocycles. The molecular weight excluding hydrogens is 347 g/mol. The molecule has 25 heavy (non-hydrogen) atoms. The number of anilines is 1. The van der Waals surface area contributed by atoms with Crippen LogP contribution in [0.25, 0.3) is 10.9 Å². The largest absolute Gasteiger partial charge is 0.490 e. The van der Waals surface area contributed by atoms with Crippen molar-refractivity contribution in [3.8, 4) is 5.75 Å². The van der Waals surface area contributed by atoms with Crippen LogP contribution in [0.5, 0.6) is 5.75 Å². The number of halogens is 2. The maximum atomic E-state index is 13.3. The minimum atomic E-state index is -0.616. The standard InChI is InChI=1S/C18H12ClFN2O3/c19-13-4-5-14-16-15(13)17(23)12(9-22(16)6-7-25-14)18(24)21-11-3-1-2-10(20)8-11/h1-5,8-9H,6-7H2,(H,21,24). The first-order chi connectivity index (χ1) is 12.0. The molecule has 7 heteroatoms. The molecule has 4 rings (SSSR count). The number of ether oxygens (including phenoxy) is 1. The lowest BCUT2D eigenvalue weighted by Gasteiger charge is -2.22. The molecular formula is C18H12ClFN2O3. The van der Waals surface area contributed by atoms with E-state index in [9.17, 15) is 14.0 Å². The molecule has 126 valence electrons. The Morgan fingerprint density at radius 1 is 1.28 bits per heavy atom. The Morgan fingerprint density at radius 3 is 2.92 bits per heavy atom. The average Bonchev–Trinajstić information content (AvgIpc) is 2.59. The quantitative estimate of drug-likeness (QED) is 0.763. The SMILES string of the molecule is O=C(Nc1cccc(F)c1)c1cn2c3c(ccc(Cl)c3c1=O)OCC2. The zero-order valence-electron chi connectivity index (χ0n) is 12.9. The van der Waals surface area contributed by atoms with Crippen molar-refractivity contribution in [2.45, 2.75) is 6.54 Å². The van der Waals surface area contributed by atoms with Crippen molar-refractivity contribution in [2.75, 3.05) is 11.9 Å². The van der Waals surface area contributed by atoms with Gasteiger partial charge in [-0.15, -0.1) is 0 Å². The van der Waals surface area contributed by atoms with Gasteiger partial charge in [-0.1, -0.05) is 17.7 Å². The molecule has 0 bridgehead atoms.